The van der Waals surface area contributed by atoms with Crippen molar-refractivity contribution in [2.45, 2.75) is 33.7 Å². The van der Waals surface area contributed by atoms with Crippen LogP contribution in [0.2, 0.25) is 0 Å². The second-order valence-electron chi connectivity index (χ2n) is 5.44. The predicted molar refractivity (Wildman–Crippen MR) is 78.7 cm³/mol. The molecule has 0 aliphatic heterocycles. The lowest BCUT2D eigenvalue weighted by molar-refractivity contribution is -0.138. The number of carbonyl (C=O) groups excluding carboxylic acids is 2. The van der Waals surface area contributed by atoms with Crippen LogP contribution in [0.3, 0.4) is 0 Å². The van der Waals surface area contributed by atoms with Gasteiger partial charge in [-0.05, 0) is 39.8 Å². The minimum Gasteiger partial charge on any atom is -0.497 e. The molecule has 0 bridgehead atoms. The van der Waals surface area contributed by atoms with Crippen LogP contribution in [0, 0.1) is 5.41 Å². The summed E-state index contributed by atoms with van der Waals surface area (Å²) >= 11 is 0. The zero-order valence-electron chi connectivity index (χ0n) is 12.6. The predicted octanol–water partition coefficient (Wildman–Crippen LogP) is 2.18. The molecule has 0 spiro atoms. The van der Waals surface area contributed by atoms with Gasteiger partial charge in [-0.1, -0.05) is 6.07 Å². The maximum Gasteiger partial charge on any atom is 0.239 e. The Hall–Kier alpha value is -2.04. The average molecular weight is 278 g/mol. The Balaban J connectivity index is 2.80. The maximum absolute atomic E-state index is 12.2. The van der Waals surface area contributed by atoms with E-state index in [2.05, 4.69) is 10.6 Å². The van der Waals surface area contributed by atoms with E-state index in [1.165, 1.54) is 0 Å². The molecule has 20 heavy (non-hydrogen) atoms. The summed E-state index contributed by atoms with van der Waals surface area (Å²) in [7, 11) is 1.56. The highest BCUT2D eigenvalue weighted by molar-refractivity contribution is 6.09. The molecule has 0 aromatic heterocycles. The first kappa shape index (κ1) is 16.0. The van der Waals surface area contributed by atoms with E-state index < -0.39 is 5.41 Å². The molecule has 0 radical (unpaired) electrons. The minimum absolute atomic E-state index is 0.00797. The molecule has 2 amide bonds. The van der Waals surface area contributed by atoms with Gasteiger partial charge in [0.05, 0.1) is 7.11 Å². The summed E-state index contributed by atoms with van der Waals surface area (Å²) in [5, 5.41) is 5.48. The molecule has 0 atom stereocenters. The Morgan fingerprint density at radius 2 is 1.85 bits per heavy atom. The lowest BCUT2D eigenvalue weighted by atomic mass is 9.90. The fourth-order valence-electron chi connectivity index (χ4n) is 1.53. The quantitative estimate of drug-likeness (QED) is 0.811. The van der Waals surface area contributed by atoms with E-state index in [-0.39, 0.29) is 17.9 Å². The Morgan fingerprint density at radius 3 is 2.40 bits per heavy atom. The van der Waals surface area contributed by atoms with Crippen molar-refractivity contribution in [3.63, 3.8) is 0 Å². The Bertz CT molecular complexity index is 496. The summed E-state index contributed by atoms with van der Waals surface area (Å²) in [6, 6.07) is 7.00. The van der Waals surface area contributed by atoms with Gasteiger partial charge in [0.25, 0.3) is 0 Å². The summed E-state index contributed by atoms with van der Waals surface area (Å²) in [6.07, 6.45) is 0. The molecule has 2 N–H and O–H groups in total. The van der Waals surface area contributed by atoms with E-state index in [9.17, 15) is 9.59 Å². The summed E-state index contributed by atoms with van der Waals surface area (Å²) in [5.74, 6) is -0.0102. The third-order valence-corrected chi connectivity index (χ3v) is 2.88. The number of rotatable bonds is 5. The molecule has 1 aromatic carbocycles. The highest BCUT2D eigenvalue weighted by atomic mass is 16.5. The van der Waals surface area contributed by atoms with Crippen LogP contribution in [0.5, 0.6) is 5.75 Å². The molecular formula is C15H22N2O3. The normalized spacial score (nSPS) is 11.1. The van der Waals surface area contributed by atoms with Gasteiger partial charge in [-0.2, -0.15) is 0 Å². The van der Waals surface area contributed by atoms with Crippen molar-refractivity contribution >= 4 is 17.5 Å². The smallest absolute Gasteiger partial charge is 0.239 e. The van der Waals surface area contributed by atoms with Gasteiger partial charge >= 0.3 is 0 Å². The van der Waals surface area contributed by atoms with Gasteiger partial charge in [0.15, 0.2) is 0 Å². The van der Waals surface area contributed by atoms with Gasteiger partial charge in [0.1, 0.15) is 11.2 Å². The van der Waals surface area contributed by atoms with E-state index in [0.29, 0.717) is 11.4 Å². The van der Waals surface area contributed by atoms with Gasteiger partial charge in [0, 0.05) is 17.8 Å². The third-order valence-electron chi connectivity index (χ3n) is 2.88. The van der Waals surface area contributed by atoms with Crippen molar-refractivity contribution in [3.8, 4) is 5.75 Å². The number of carbonyl (C=O) groups is 2. The number of hydrogen-bond donors (Lipinski definition) is 2. The van der Waals surface area contributed by atoms with Crippen molar-refractivity contribution in [2.75, 3.05) is 12.4 Å². The molecule has 1 aromatic rings. The standard InChI is InChI=1S/C15H22N2O3/c1-10(2)16-13(18)15(3,4)14(19)17-11-7-6-8-12(9-11)20-5/h6-10H,1-5H3,(H,16,18)(H,17,19). The fraction of sp³-hybridized carbons (Fsp3) is 0.467. The van der Waals surface area contributed by atoms with Crippen LogP contribution in [0.4, 0.5) is 5.69 Å². The van der Waals surface area contributed by atoms with E-state index in [0.717, 1.165) is 0 Å². The first-order chi connectivity index (χ1) is 9.27. The summed E-state index contributed by atoms with van der Waals surface area (Å²) in [6.45, 7) is 6.91. The van der Waals surface area contributed by atoms with Crippen LogP contribution in [-0.4, -0.2) is 25.0 Å². The molecule has 110 valence electrons. The molecule has 0 saturated carbocycles. The fourth-order valence-corrected chi connectivity index (χ4v) is 1.53. The Morgan fingerprint density at radius 1 is 1.20 bits per heavy atom. The number of methoxy groups -OCH3 is 1. The lowest BCUT2D eigenvalue weighted by Gasteiger charge is -2.24. The molecule has 0 saturated heterocycles. The molecule has 0 unspecified atom stereocenters. The van der Waals surface area contributed by atoms with Gasteiger partial charge in [-0.3, -0.25) is 9.59 Å². The van der Waals surface area contributed by atoms with Crippen molar-refractivity contribution in [3.05, 3.63) is 24.3 Å². The second-order valence-corrected chi connectivity index (χ2v) is 5.44. The first-order valence-corrected chi connectivity index (χ1v) is 6.54. The number of anilines is 1. The summed E-state index contributed by atoms with van der Waals surface area (Å²) in [4.78, 5) is 24.3. The molecule has 0 aliphatic carbocycles. The van der Waals surface area contributed by atoms with E-state index in [1.807, 2.05) is 13.8 Å². The maximum atomic E-state index is 12.2. The second kappa shape index (κ2) is 6.41. The van der Waals surface area contributed by atoms with Crippen molar-refractivity contribution in [2.24, 2.45) is 5.41 Å². The van der Waals surface area contributed by atoms with Crippen molar-refractivity contribution in [1.82, 2.24) is 5.32 Å². The van der Waals surface area contributed by atoms with Gasteiger partial charge in [-0.15, -0.1) is 0 Å². The van der Waals surface area contributed by atoms with E-state index in [4.69, 9.17) is 4.74 Å². The molecule has 5 nitrogen and oxygen atoms in total. The number of ether oxygens (including phenoxy) is 1. The number of hydrogen-bond acceptors (Lipinski definition) is 3. The van der Waals surface area contributed by atoms with Crippen molar-refractivity contribution < 1.29 is 14.3 Å². The highest BCUT2D eigenvalue weighted by Crippen LogP contribution is 2.22. The monoisotopic (exact) mass is 278 g/mol. The molecule has 1 rings (SSSR count). The van der Waals surface area contributed by atoms with Gasteiger partial charge in [0.2, 0.25) is 11.8 Å². The third kappa shape index (κ3) is 3.98. The van der Waals surface area contributed by atoms with E-state index >= 15 is 0 Å². The minimum atomic E-state index is -1.15. The zero-order valence-corrected chi connectivity index (χ0v) is 12.6. The number of amides is 2. The summed E-state index contributed by atoms with van der Waals surface area (Å²) < 4.78 is 5.09. The van der Waals surface area contributed by atoms with Crippen LogP contribution in [-0.2, 0) is 9.59 Å². The highest BCUT2D eigenvalue weighted by Gasteiger charge is 2.36. The number of nitrogens with one attached hydrogen (secondary N) is 2. The van der Waals surface area contributed by atoms with Crippen LogP contribution in [0.25, 0.3) is 0 Å². The molecule has 5 heteroatoms. The summed E-state index contributed by atoms with van der Waals surface area (Å²) in [5.41, 5.74) is -0.548. The zero-order chi connectivity index (χ0) is 15.3. The van der Waals surface area contributed by atoms with Crippen LogP contribution >= 0.6 is 0 Å². The first-order valence-electron chi connectivity index (χ1n) is 6.54. The van der Waals surface area contributed by atoms with Crippen molar-refractivity contribution in [1.29, 1.82) is 0 Å². The molecule has 0 heterocycles. The average Bonchev–Trinajstić information content (AvgIpc) is 2.38. The topological polar surface area (TPSA) is 67.4 Å². The van der Waals surface area contributed by atoms with Gasteiger partial charge < -0.3 is 15.4 Å². The van der Waals surface area contributed by atoms with Crippen LogP contribution < -0.4 is 15.4 Å². The largest absolute Gasteiger partial charge is 0.497 e. The van der Waals surface area contributed by atoms with Crippen LogP contribution in [0.1, 0.15) is 27.7 Å². The van der Waals surface area contributed by atoms with Crippen LogP contribution in [0.15, 0.2) is 24.3 Å². The molecule has 0 fully saturated rings. The lowest BCUT2D eigenvalue weighted by Crippen LogP contribution is -2.47. The van der Waals surface area contributed by atoms with E-state index in [1.54, 1.807) is 45.2 Å². The molecular weight excluding hydrogens is 256 g/mol. The Labute approximate surface area is 119 Å². The van der Waals surface area contributed by atoms with Gasteiger partial charge in [-0.25, -0.2) is 0 Å². The Kier molecular flexibility index (Phi) is 5.13. The molecule has 0 aliphatic rings. The number of benzene rings is 1. The SMILES string of the molecule is COc1cccc(NC(=O)C(C)(C)C(=O)NC(C)C)c1.